The van der Waals surface area contributed by atoms with E-state index in [4.69, 9.17) is 9.47 Å². The number of hydrogen-bond acceptors (Lipinski definition) is 4. The molecule has 6 heteroatoms. The fourth-order valence-electron chi connectivity index (χ4n) is 1.65. The molecule has 0 aromatic rings. The van der Waals surface area contributed by atoms with Crippen LogP contribution < -0.4 is 0 Å². The molecule has 2 amide bonds. The van der Waals surface area contributed by atoms with Gasteiger partial charge in [0.15, 0.2) is 0 Å². The van der Waals surface area contributed by atoms with E-state index in [1.54, 1.807) is 34.9 Å². The number of carbonyl (C=O) groups excluding carboxylic acids is 2. The molecule has 0 bridgehead atoms. The molecule has 0 radical (unpaired) electrons. The minimum Gasteiger partial charge on any atom is -0.444 e. The zero-order valence-corrected chi connectivity index (χ0v) is 11.7. The molecule has 1 rings (SSSR count). The van der Waals surface area contributed by atoms with Crippen molar-refractivity contribution >= 4 is 12.0 Å². The first-order valence-corrected chi connectivity index (χ1v) is 6.01. The van der Waals surface area contributed by atoms with E-state index in [0.717, 1.165) is 0 Å². The topological polar surface area (TPSA) is 59.1 Å². The van der Waals surface area contributed by atoms with Crippen LogP contribution in [0.1, 0.15) is 20.8 Å². The summed E-state index contributed by atoms with van der Waals surface area (Å²) in [6.45, 7) is 6.42. The Bertz CT molecular complexity index is 323. The average molecular weight is 258 g/mol. The van der Waals surface area contributed by atoms with Crippen LogP contribution in [0.25, 0.3) is 0 Å². The van der Waals surface area contributed by atoms with Gasteiger partial charge < -0.3 is 14.4 Å². The fourth-order valence-corrected chi connectivity index (χ4v) is 1.65. The Morgan fingerprint density at radius 1 is 1.33 bits per heavy atom. The van der Waals surface area contributed by atoms with Crippen LogP contribution in [0.5, 0.6) is 0 Å². The van der Waals surface area contributed by atoms with Crippen LogP contribution in [-0.2, 0) is 14.3 Å². The Kier molecular flexibility index (Phi) is 4.56. The van der Waals surface area contributed by atoms with Gasteiger partial charge in [-0.3, -0.25) is 9.69 Å². The Morgan fingerprint density at radius 3 is 2.44 bits per heavy atom. The summed E-state index contributed by atoms with van der Waals surface area (Å²) in [6, 6.07) is -0.594. The summed E-state index contributed by atoms with van der Waals surface area (Å²) < 4.78 is 10.6. The highest BCUT2D eigenvalue weighted by molar-refractivity contribution is 5.85. The summed E-state index contributed by atoms with van der Waals surface area (Å²) in [7, 11) is 3.31. The molecule has 0 aliphatic carbocycles. The predicted molar refractivity (Wildman–Crippen MR) is 66.2 cm³/mol. The van der Waals surface area contributed by atoms with Crippen LogP contribution >= 0.6 is 0 Å². The first kappa shape index (κ1) is 14.8. The maximum absolute atomic E-state index is 12.0. The highest BCUT2D eigenvalue weighted by Gasteiger charge is 2.36. The van der Waals surface area contributed by atoms with Gasteiger partial charge in [-0.25, -0.2) is 4.79 Å². The second kappa shape index (κ2) is 5.56. The zero-order valence-electron chi connectivity index (χ0n) is 11.7. The highest BCUT2D eigenvalue weighted by atomic mass is 16.6. The minimum atomic E-state index is -0.594. The van der Waals surface area contributed by atoms with Gasteiger partial charge in [0.25, 0.3) is 0 Å². The molecule has 0 aromatic carbocycles. The number of amides is 2. The standard InChI is InChI=1S/C12H22N2O4/c1-12(2,3)18-11(16)14-6-7-17-8-9(14)10(15)13(4)5/h9H,6-8H2,1-5H3. The normalized spacial score (nSPS) is 20.5. The van der Waals surface area contributed by atoms with Crippen molar-refractivity contribution in [3.05, 3.63) is 0 Å². The number of likely N-dealkylation sites (N-methyl/N-ethyl adjacent to an activating group) is 1. The van der Waals surface area contributed by atoms with Gasteiger partial charge >= 0.3 is 6.09 Å². The van der Waals surface area contributed by atoms with Crippen LogP contribution in [0.3, 0.4) is 0 Å². The predicted octanol–water partition coefficient (Wildman–Crippen LogP) is 0.710. The van der Waals surface area contributed by atoms with E-state index in [9.17, 15) is 9.59 Å². The van der Waals surface area contributed by atoms with Crippen molar-refractivity contribution in [3.63, 3.8) is 0 Å². The number of rotatable bonds is 1. The van der Waals surface area contributed by atoms with Gasteiger partial charge in [0.1, 0.15) is 11.6 Å². The second-order valence-electron chi connectivity index (χ2n) is 5.50. The van der Waals surface area contributed by atoms with Crippen LogP contribution in [0.15, 0.2) is 0 Å². The zero-order chi connectivity index (χ0) is 13.9. The van der Waals surface area contributed by atoms with Gasteiger partial charge in [0.05, 0.1) is 13.2 Å². The van der Waals surface area contributed by atoms with Crippen molar-refractivity contribution in [3.8, 4) is 0 Å². The largest absolute Gasteiger partial charge is 0.444 e. The lowest BCUT2D eigenvalue weighted by Crippen LogP contribution is -2.56. The van der Waals surface area contributed by atoms with E-state index in [2.05, 4.69) is 0 Å². The van der Waals surface area contributed by atoms with E-state index >= 15 is 0 Å². The molecule has 1 unspecified atom stereocenters. The Labute approximate surface area is 108 Å². The third-order valence-electron chi connectivity index (χ3n) is 2.48. The summed E-state index contributed by atoms with van der Waals surface area (Å²) in [6.07, 6.45) is -0.467. The molecule has 1 fully saturated rings. The Balaban J connectivity index is 2.76. The van der Waals surface area contributed by atoms with Crippen molar-refractivity contribution in [2.24, 2.45) is 0 Å². The number of ether oxygens (including phenoxy) is 2. The molecule has 6 nitrogen and oxygen atoms in total. The SMILES string of the molecule is CN(C)C(=O)C1COCCN1C(=O)OC(C)(C)C. The van der Waals surface area contributed by atoms with Crippen molar-refractivity contribution in [2.75, 3.05) is 33.9 Å². The van der Waals surface area contributed by atoms with Crippen LogP contribution in [0.4, 0.5) is 4.79 Å². The second-order valence-corrected chi connectivity index (χ2v) is 5.50. The molecule has 1 saturated heterocycles. The molecule has 1 atom stereocenters. The molecule has 1 aliphatic rings. The maximum Gasteiger partial charge on any atom is 0.411 e. The van der Waals surface area contributed by atoms with Gasteiger partial charge in [0, 0.05) is 20.6 Å². The minimum absolute atomic E-state index is 0.152. The molecule has 0 spiro atoms. The van der Waals surface area contributed by atoms with Gasteiger partial charge in [-0.1, -0.05) is 0 Å². The molecule has 0 aromatic heterocycles. The first-order valence-electron chi connectivity index (χ1n) is 6.01. The van der Waals surface area contributed by atoms with E-state index in [1.807, 2.05) is 0 Å². The molecule has 18 heavy (non-hydrogen) atoms. The third-order valence-corrected chi connectivity index (χ3v) is 2.48. The summed E-state index contributed by atoms with van der Waals surface area (Å²) in [4.78, 5) is 26.9. The molecular formula is C12H22N2O4. The lowest BCUT2D eigenvalue weighted by molar-refractivity contribution is -0.140. The maximum atomic E-state index is 12.0. The van der Waals surface area contributed by atoms with Gasteiger partial charge in [-0.15, -0.1) is 0 Å². The lowest BCUT2D eigenvalue weighted by Gasteiger charge is -2.36. The molecule has 0 N–H and O–H groups in total. The van der Waals surface area contributed by atoms with Crippen molar-refractivity contribution < 1.29 is 19.1 Å². The number of morpholine rings is 1. The molecule has 1 heterocycles. The van der Waals surface area contributed by atoms with Crippen molar-refractivity contribution in [1.82, 2.24) is 9.80 Å². The Hall–Kier alpha value is -1.30. The highest BCUT2D eigenvalue weighted by Crippen LogP contribution is 2.15. The number of hydrogen-bond donors (Lipinski definition) is 0. The monoisotopic (exact) mass is 258 g/mol. The van der Waals surface area contributed by atoms with Gasteiger partial charge in [-0.05, 0) is 20.8 Å². The van der Waals surface area contributed by atoms with E-state index in [0.29, 0.717) is 13.2 Å². The van der Waals surface area contributed by atoms with E-state index in [-0.39, 0.29) is 12.5 Å². The quantitative estimate of drug-likeness (QED) is 0.695. The van der Waals surface area contributed by atoms with Gasteiger partial charge in [0.2, 0.25) is 5.91 Å². The lowest BCUT2D eigenvalue weighted by atomic mass is 10.2. The van der Waals surface area contributed by atoms with Crippen LogP contribution in [-0.4, -0.2) is 67.3 Å². The third kappa shape index (κ3) is 3.87. The fraction of sp³-hybridized carbons (Fsp3) is 0.833. The number of carbonyl (C=O) groups is 2. The molecular weight excluding hydrogens is 236 g/mol. The summed E-state index contributed by atoms with van der Waals surface area (Å²) in [5, 5.41) is 0. The smallest absolute Gasteiger partial charge is 0.411 e. The number of nitrogens with zero attached hydrogens (tertiary/aromatic N) is 2. The summed E-state index contributed by atoms with van der Waals surface area (Å²) in [5.41, 5.74) is -0.568. The van der Waals surface area contributed by atoms with Crippen molar-refractivity contribution in [2.45, 2.75) is 32.4 Å². The van der Waals surface area contributed by atoms with E-state index in [1.165, 1.54) is 9.80 Å². The molecule has 104 valence electrons. The molecule has 0 saturated carbocycles. The van der Waals surface area contributed by atoms with E-state index < -0.39 is 17.7 Å². The van der Waals surface area contributed by atoms with Crippen LogP contribution in [0.2, 0.25) is 0 Å². The van der Waals surface area contributed by atoms with Crippen molar-refractivity contribution in [1.29, 1.82) is 0 Å². The van der Waals surface area contributed by atoms with Gasteiger partial charge in [-0.2, -0.15) is 0 Å². The summed E-state index contributed by atoms with van der Waals surface area (Å²) >= 11 is 0. The first-order chi connectivity index (χ1) is 8.22. The Morgan fingerprint density at radius 2 is 1.94 bits per heavy atom. The summed E-state index contributed by atoms with van der Waals surface area (Å²) in [5.74, 6) is -0.152. The average Bonchev–Trinajstić information content (AvgIpc) is 2.25. The van der Waals surface area contributed by atoms with Crippen LogP contribution in [0, 0.1) is 0 Å². The molecule has 1 aliphatic heterocycles.